The summed E-state index contributed by atoms with van der Waals surface area (Å²) in [6.07, 6.45) is 2.35. The summed E-state index contributed by atoms with van der Waals surface area (Å²) < 4.78 is 1.01. The van der Waals surface area contributed by atoms with E-state index in [1.54, 1.807) is 0 Å². The van der Waals surface area contributed by atoms with Crippen molar-refractivity contribution in [2.75, 3.05) is 0 Å². The Balaban J connectivity index is 2.17. The smallest absolute Gasteiger partial charge is 0.142 e. The number of halogens is 1. The van der Waals surface area contributed by atoms with Gasteiger partial charge in [0.1, 0.15) is 6.04 Å². The number of benzene rings is 2. The maximum absolute atomic E-state index is 11.7. The molecule has 1 aliphatic rings. The van der Waals surface area contributed by atoms with Gasteiger partial charge in [-0.25, -0.2) is 0 Å². The minimum Gasteiger partial charge on any atom is -0.150 e. The number of hydrogen-bond donors (Lipinski definition) is 0. The fourth-order valence-electron chi connectivity index (χ4n) is 3.98. The van der Waals surface area contributed by atoms with E-state index in [0.29, 0.717) is 0 Å². The van der Waals surface area contributed by atoms with Gasteiger partial charge in [-0.3, -0.25) is 0 Å². The first kappa shape index (κ1) is 18.3. The Bertz CT molecular complexity index is 806. The lowest BCUT2D eigenvalue weighted by Gasteiger charge is -2.42. The summed E-state index contributed by atoms with van der Waals surface area (Å²) in [5.74, 6) is 0. The Kier molecular flexibility index (Phi) is 4.65. The quantitative estimate of drug-likeness (QED) is 0.512. The summed E-state index contributed by atoms with van der Waals surface area (Å²) in [4.78, 5) is 11.7. The molecule has 2 aromatic carbocycles. The van der Waals surface area contributed by atoms with Crippen molar-refractivity contribution in [3.63, 3.8) is 0 Å². The molecule has 1 aliphatic carbocycles. The fraction of sp³-hybridized carbons (Fsp3) is 0.455. The zero-order valence-electron chi connectivity index (χ0n) is 15.7. The van der Waals surface area contributed by atoms with Crippen molar-refractivity contribution in [1.29, 1.82) is 0 Å². The van der Waals surface area contributed by atoms with E-state index in [0.717, 1.165) is 27.6 Å². The van der Waals surface area contributed by atoms with Gasteiger partial charge in [-0.05, 0) is 70.5 Å². The Hall–Kier alpha value is -1.48. The largest absolute Gasteiger partial charge is 0.150 e. The molecule has 0 N–H and O–H groups in total. The lowest BCUT2D eigenvalue weighted by molar-refractivity contribution is 0.331. The molecule has 2 nitrogen and oxygen atoms in total. The summed E-state index contributed by atoms with van der Waals surface area (Å²) in [5, 5.41) is 3.49. The van der Waals surface area contributed by atoms with E-state index < -0.39 is 6.04 Å². The standard InChI is InChI=1S/C22H26BrNO/c1-14-12-18-19(22(4,5)11-10-21(18,2)3)13-17(14)20(24-25)15-6-8-16(23)9-7-15/h6-9,12-13,20H,10-11H2,1-5H3. The molecule has 0 radical (unpaired) electrons. The molecule has 0 fully saturated rings. The van der Waals surface area contributed by atoms with Gasteiger partial charge >= 0.3 is 0 Å². The molecule has 0 saturated heterocycles. The molecule has 0 spiro atoms. The Morgan fingerprint density at radius 3 is 2.00 bits per heavy atom. The summed E-state index contributed by atoms with van der Waals surface area (Å²) in [6.45, 7) is 11.4. The highest BCUT2D eigenvalue weighted by atomic mass is 79.9. The van der Waals surface area contributed by atoms with Crippen LogP contribution in [-0.2, 0) is 10.8 Å². The summed E-state index contributed by atoms with van der Waals surface area (Å²) in [5.41, 5.74) is 6.21. The van der Waals surface area contributed by atoms with Gasteiger partial charge in [-0.2, -0.15) is 0 Å². The normalized spacial score (nSPS) is 19.1. The molecule has 0 aliphatic heterocycles. The van der Waals surface area contributed by atoms with Gasteiger partial charge in [0.05, 0.1) is 0 Å². The van der Waals surface area contributed by atoms with Gasteiger partial charge in [-0.15, -0.1) is 4.91 Å². The zero-order chi connectivity index (χ0) is 18.4. The molecule has 0 aromatic heterocycles. The molecule has 2 aromatic rings. The monoisotopic (exact) mass is 399 g/mol. The highest BCUT2D eigenvalue weighted by molar-refractivity contribution is 9.10. The first-order valence-corrected chi connectivity index (χ1v) is 9.68. The van der Waals surface area contributed by atoms with Crippen LogP contribution in [0.4, 0.5) is 0 Å². The summed E-state index contributed by atoms with van der Waals surface area (Å²) >= 11 is 3.46. The van der Waals surface area contributed by atoms with Gasteiger partial charge in [0.2, 0.25) is 0 Å². The van der Waals surface area contributed by atoms with Crippen LogP contribution >= 0.6 is 15.9 Å². The topological polar surface area (TPSA) is 29.4 Å². The molecule has 132 valence electrons. The summed E-state index contributed by atoms with van der Waals surface area (Å²) in [7, 11) is 0. The van der Waals surface area contributed by atoms with Gasteiger partial charge in [-0.1, -0.05) is 73.1 Å². The number of hydrogen-bond acceptors (Lipinski definition) is 2. The minimum atomic E-state index is -0.459. The van der Waals surface area contributed by atoms with Crippen LogP contribution in [0.1, 0.15) is 74.4 Å². The molecule has 0 heterocycles. The van der Waals surface area contributed by atoms with Crippen LogP contribution in [0.3, 0.4) is 0 Å². The van der Waals surface area contributed by atoms with E-state index >= 15 is 0 Å². The van der Waals surface area contributed by atoms with Gasteiger partial charge < -0.3 is 0 Å². The summed E-state index contributed by atoms with van der Waals surface area (Å²) in [6, 6.07) is 12.0. The molecule has 0 saturated carbocycles. The van der Waals surface area contributed by atoms with Crippen molar-refractivity contribution >= 4 is 15.9 Å². The van der Waals surface area contributed by atoms with Crippen molar-refractivity contribution in [3.8, 4) is 0 Å². The molecule has 1 unspecified atom stereocenters. The van der Waals surface area contributed by atoms with Gasteiger partial charge in [0.15, 0.2) is 0 Å². The van der Waals surface area contributed by atoms with Crippen molar-refractivity contribution in [3.05, 3.63) is 73.6 Å². The Morgan fingerprint density at radius 2 is 1.48 bits per heavy atom. The maximum Gasteiger partial charge on any atom is 0.142 e. The second-order valence-electron chi connectivity index (χ2n) is 8.58. The van der Waals surface area contributed by atoms with Crippen molar-refractivity contribution in [1.82, 2.24) is 0 Å². The van der Waals surface area contributed by atoms with Gasteiger partial charge in [0, 0.05) is 4.47 Å². The first-order chi connectivity index (χ1) is 11.7. The van der Waals surface area contributed by atoms with Crippen LogP contribution in [0.2, 0.25) is 0 Å². The number of fused-ring (bicyclic) bond motifs is 1. The van der Waals surface area contributed by atoms with Gasteiger partial charge in [0.25, 0.3) is 0 Å². The van der Waals surface area contributed by atoms with E-state index in [4.69, 9.17) is 0 Å². The maximum atomic E-state index is 11.7. The second-order valence-corrected chi connectivity index (χ2v) is 9.50. The lowest BCUT2D eigenvalue weighted by atomic mass is 9.62. The lowest BCUT2D eigenvalue weighted by Crippen LogP contribution is -2.34. The van der Waals surface area contributed by atoms with Crippen LogP contribution in [0.5, 0.6) is 0 Å². The van der Waals surface area contributed by atoms with E-state index in [1.807, 2.05) is 24.3 Å². The van der Waals surface area contributed by atoms with E-state index in [-0.39, 0.29) is 10.8 Å². The van der Waals surface area contributed by atoms with Crippen LogP contribution < -0.4 is 0 Å². The molecule has 25 heavy (non-hydrogen) atoms. The fourth-order valence-corrected chi connectivity index (χ4v) is 4.24. The SMILES string of the molecule is Cc1cc2c(cc1C(N=O)c1ccc(Br)cc1)C(C)(C)CCC2(C)C. The van der Waals surface area contributed by atoms with E-state index in [2.05, 4.69) is 67.9 Å². The molecular formula is C22H26BrNO. The third-order valence-corrected chi connectivity index (χ3v) is 6.35. The van der Waals surface area contributed by atoms with Crippen LogP contribution in [0.25, 0.3) is 0 Å². The second kappa shape index (κ2) is 6.35. The molecular weight excluding hydrogens is 374 g/mol. The highest BCUT2D eigenvalue weighted by Crippen LogP contribution is 2.47. The Morgan fingerprint density at radius 1 is 0.960 bits per heavy atom. The predicted octanol–water partition coefficient (Wildman–Crippen LogP) is 6.96. The average molecular weight is 400 g/mol. The average Bonchev–Trinajstić information content (AvgIpc) is 2.55. The zero-order valence-corrected chi connectivity index (χ0v) is 17.3. The van der Waals surface area contributed by atoms with E-state index in [1.165, 1.54) is 17.5 Å². The minimum absolute atomic E-state index is 0.125. The van der Waals surface area contributed by atoms with E-state index in [9.17, 15) is 4.91 Å². The molecule has 0 bridgehead atoms. The number of nitroso groups, excluding NO2 is 1. The van der Waals surface area contributed by atoms with Crippen molar-refractivity contribution in [2.24, 2.45) is 5.18 Å². The predicted molar refractivity (Wildman–Crippen MR) is 108 cm³/mol. The first-order valence-electron chi connectivity index (χ1n) is 8.89. The van der Waals surface area contributed by atoms with Crippen molar-refractivity contribution < 1.29 is 0 Å². The van der Waals surface area contributed by atoms with Crippen LogP contribution in [-0.4, -0.2) is 0 Å². The third-order valence-electron chi connectivity index (χ3n) is 5.83. The molecule has 1 atom stereocenters. The van der Waals surface area contributed by atoms with Crippen molar-refractivity contribution in [2.45, 2.75) is 64.3 Å². The molecule has 0 amide bonds. The van der Waals surface area contributed by atoms with Crippen LogP contribution in [0, 0.1) is 11.8 Å². The van der Waals surface area contributed by atoms with Crippen LogP contribution in [0.15, 0.2) is 46.0 Å². The number of rotatable bonds is 3. The third kappa shape index (κ3) is 3.31. The number of nitrogens with zero attached hydrogens (tertiary/aromatic N) is 1. The highest BCUT2D eigenvalue weighted by Gasteiger charge is 2.38. The Labute approximate surface area is 159 Å². The molecule has 3 rings (SSSR count). The number of aryl methyl sites for hydroxylation is 1. The molecule has 3 heteroatoms.